The lowest BCUT2D eigenvalue weighted by Crippen LogP contribution is -2.46. The summed E-state index contributed by atoms with van der Waals surface area (Å²) < 4.78 is 64.7. The zero-order valence-electron chi connectivity index (χ0n) is 21.7. The molecule has 27 nitrogen and oxygen atoms in total. The molecule has 0 bridgehead atoms. The minimum Gasteiger partial charge on any atom is -0.756 e. The third kappa shape index (κ3) is 6.27. The number of imidazole rings is 1. The van der Waals surface area contributed by atoms with Gasteiger partial charge < -0.3 is 49.9 Å². The molecule has 30 heteroatoms. The van der Waals surface area contributed by atoms with E-state index >= 15 is 0 Å². The first-order valence-corrected chi connectivity index (χ1v) is 16.2. The molecule has 0 radical (unpaired) electrons. The molecule has 2 aliphatic heterocycles. The maximum Gasteiger partial charge on any atom is 0.478 e. The third-order valence-electron chi connectivity index (χ3n) is 6.21. The Labute approximate surface area is 251 Å². The van der Waals surface area contributed by atoms with Gasteiger partial charge in [-0.15, -0.1) is 0 Å². The Hall–Kier alpha value is -3.81. The first-order valence-electron chi connectivity index (χ1n) is 11.7. The smallest absolute Gasteiger partial charge is 0.478 e. The molecule has 1 spiro atoms. The number of fused-ring (bicyclic) bond motifs is 2. The van der Waals surface area contributed by atoms with E-state index in [2.05, 4.69) is 28.1 Å². The van der Waals surface area contributed by atoms with Crippen LogP contribution in [0, 0.1) is 30.6 Å². The van der Waals surface area contributed by atoms with Gasteiger partial charge in [-0.2, -0.15) is 4.90 Å². The van der Waals surface area contributed by atoms with Crippen LogP contribution in [0.15, 0.2) is 36.2 Å². The van der Waals surface area contributed by atoms with Gasteiger partial charge in [0.15, 0.2) is 17.7 Å². The van der Waals surface area contributed by atoms with Crippen molar-refractivity contribution in [2.24, 2.45) is 0 Å². The number of rotatable bonds is 10. The normalized spacial score (nSPS) is 28.7. The highest BCUT2D eigenvalue weighted by atomic mass is 31.3. The van der Waals surface area contributed by atoms with Gasteiger partial charge in [-0.3, -0.25) is 33.9 Å². The van der Waals surface area contributed by atoms with Gasteiger partial charge in [-0.1, -0.05) is 0 Å². The number of nitrogens with two attached hydrogens (primary N) is 1. The second kappa shape index (κ2) is 11.5. The number of aromatic nitrogens is 4. The molecule has 4 heterocycles. The van der Waals surface area contributed by atoms with Crippen LogP contribution in [0.2, 0.25) is 0 Å². The number of phosphoric ester groups is 1. The van der Waals surface area contributed by atoms with Crippen LogP contribution in [-0.2, 0) is 41.1 Å². The molecule has 5 rings (SSSR count). The molecule has 0 aromatic carbocycles. The molecule has 2 saturated heterocycles. The van der Waals surface area contributed by atoms with Crippen LogP contribution >= 0.6 is 23.5 Å². The Morgan fingerprint density at radius 1 is 0.978 bits per heavy atom. The predicted octanol–water partition coefficient (Wildman–Crippen LogP) is -1.72. The topological polar surface area (TPSA) is 395 Å². The fraction of sp³-hybridized carbons (Fsp3) is 0.375. The van der Waals surface area contributed by atoms with E-state index < -0.39 is 92.3 Å². The van der Waals surface area contributed by atoms with Gasteiger partial charge in [0.05, 0.1) is 34.9 Å². The standard InChI is InChI=1S/C16H16N8O19P3/c17-13-10-14(19-4-18-13)21(5-20-10)15-12-11(7(39-15)3-38-45(34,35)43-46(36,37)42-44(31,32)33)40-16(41-12)8(23(27)28)1-6(22(25)26)2-9(16)24(29)30/h1-2,4-5,7,11-12,15H,3H2,(H6-,17,18,19,25,26,31,32,33,34,35,36,37)/q-1/p-1. The number of hydrogen-bond donors (Lipinski definition) is 4. The maximum absolute atomic E-state index is 12.3. The van der Waals surface area contributed by atoms with E-state index in [-0.39, 0.29) is 17.0 Å². The minimum atomic E-state index is -6.19. The lowest BCUT2D eigenvalue weighted by Gasteiger charge is -2.28. The molecular weight excluding hydrogens is 701 g/mol. The molecule has 250 valence electrons. The van der Waals surface area contributed by atoms with Gasteiger partial charge in [-0.25, -0.2) is 32.7 Å². The number of nitro groups is 2. The van der Waals surface area contributed by atoms with Crippen molar-refractivity contribution in [3.8, 4) is 0 Å². The Morgan fingerprint density at radius 3 is 2.15 bits per heavy atom. The van der Waals surface area contributed by atoms with Gasteiger partial charge >= 0.3 is 32.8 Å². The SMILES string of the molecule is Nc1ncnc2c1ncn2C1OC(COP(=O)(O)OP(=O)([O-])OP(=O)(O)O)C2OC3(OC21)C([N+](=O)[O-])=CC(=[N+]([O-])[O-])C=C3[N+](=O)[O-]. The van der Waals surface area contributed by atoms with Crippen LogP contribution in [0.1, 0.15) is 6.23 Å². The van der Waals surface area contributed by atoms with E-state index in [0.717, 1.165) is 17.2 Å². The van der Waals surface area contributed by atoms with E-state index in [0.29, 0.717) is 12.2 Å². The zero-order chi connectivity index (χ0) is 34.0. The monoisotopic (exact) mass is 716 g/mol. The Bertz CT molecular complexity index is 1830. The predicted molar refractivity (Wildman–Crippen MR) is 136 cm³/mol. The average Bonchev–Trinajstić information content (AvgIpc) is 3.58. The first-order chi connectivity index (χ1) is 21.2. The summed E-state index contributed by atoms with van der Waals surface area (Å²) in [6, 6.07) is 0. The molecule has 46 heavy (non-hydrogen) atoms. The fourth-order valence-corrected chi connectivity index (χ4v) is 7.56. The Morgan fingerprint density at radius 2 is 1.59 bits per heavy atom. The Balaban J connectivity index is 1.54. The molecule has 3 aliphatic rings. The summed E-state index contributed by atoms with van der Waals surface area (Å²) in [6.45, 7) is -1.23. The summed E-state index contributed by atoms with van der Waals surface area (Å²) in [6.07, 6.45) is -4.00. The molecule has 2 aromatic rings. The van der Waals surface area contributed by atoms with Gasteiger partial charge in [0.2, 0.25) is 5.71 Å². The number of ether oxygens (including phenoxy) is 3. The Kier molecular flexibility index (Phi) is 8.36. The zero-order valence-corrected chi connectivity index (χ0v) is 24.4. The van der Waals surface area contributed by atoms with E-state index in [9.17, 15) is 54.1 Å². The number of anilines is 1. The molecule has 1 aliphatic carbocycles. The van der Waals surface area contributed by atoms with E-state index in [4.69, 9.17) is 29.7 Å². The summed E-state index contributed by atoms with van der Waals surface area (Å²) >= 11 is 0. The molecule has 0 saturated carbocycles. The second-order valence-electron chi connectivity index (χ2n) is 9.05. The lowest BCUT2D eigenvalue weighted by molar-refractivity contribution is -0.499. The van der Waals surface area contributed by atoms with Crippen LogP contribution in [-0.4, -0.2) is 85.4 Å². The van der Waals surface area contributed by atoms with Crippen molar-refractivity contribution in [3.63, 3.8) is 0 Å². The summed E-state index contributed by atoms with van der Waals surface area (Å²) in [7, 11) is -17.8. The third-order valence-corrected chi connectivity index (χ3v) is 9.96. The van der Waals surface area contributed by atoms with Crippen LogP contribution < -0.4 is 10.6 Å². The second-order valence-corrected chi connectivity index (χ2v) is 13.4. The number of nitrogens with zero attached hydrogens (tertiary/aromatic N) is 7. The summed E-state index contributed by atoms with van der Waals surface area (Å²) in [5.41, 5.74) is 2.03. The van der Waals surface area contributed by atoms with Crippen molar-refractivity contribution < 1.29 is 75.4 Å². The van der Waals surface area contributed by atoms with Crippen LogP contribution in [0.4, 0.5) is 5.82 Å². The van der Waals surface area contributed by atoms with Crippen molar-refractivity contribution >= 4 is 46.2 Å². The molecule has 6 unspecified atom stereocenters. The number of allylic oxidation sites excluding steroid dienone is 2. The van der Waals surface area contributed by atoms with Crippen LogP contribution in [0.5, 0.6) is 0 Å². The lowest BCUT2D eigenvalue weighted by atomic mass is 10.0. The number of phosphoric acid groups is 3. The summed E-state index contributed by atoms with van der Waals surface area (Å²) in [4.78, 5) is 71.1. The van der Waals surface area contributed by atoms with Gasteiger partial charge in [0.25, 0.3) is 7.82 Å². The largest absolute Gasteiger partial charge is 0.756 e. The quantitative estimate of drug-likeness (QED) is 0.0919. The van der Waals surface area contributed by atoms with Crippen molar-refractivity contribution in [1.82, 2.24) is 19.5 Å². The van der Waals surface area contributed by atoms with Gasteiger partial charge in [-0.05, 0) is 0 Å². The summed E-state index contributed by atoms with van der Waals surface area (Å²) in [5, 5.41) is 46.9. The molecule has 0 amide bonds. The highest BCUT2D eigenvalue weighted by molar-refractivity contribution is 7.65. The van der Waals surface area contributed by atoms with Crippen molar-refractivity contribution in [1.29, 1.82) is 0 Å². The molecular formula is C16H15N8O19P3-2. The first kappa shape index (κ1) is 33.6. The van der Waals surface area contributed by atoms with Crippen molar-refractivity contribution in [3.05, 3.63) is 66.8 Å². The number of hydrogen-bond acceptors (Lipinski definition) is 20. The molecule has 5 N–H and O–H groups in total. The highest BCUT2D eigenvalue weighted by Crippen LogP contribution is 2.64. The maximum atomic E-state index is 12.3. The van der Waals surface area contributed by atoms with E-state index in [1.54, 1.807) is 0 Å². The van der Waals surface area contributed by atoms with Gasteiger partial charge in [0.1, 0.15) is 30.2 Å². The molecule has 6 atom stereocenters. The summed E-state index contributed by atoms with van der Waals surface area (Å²) in [5.74, 6) is -3.18. The van der Waals surface area contributed by atoms with Gasteiger partial charge in [0, 0.05) is 0 Å². The molecule has 2 fully saturated rings. The fourth-order valence-electron chi connectivity index (χ4n) is 4.60. The van der Waals surface area contributed by atoms with Crippen molar-refractivity contribution in [2.45, 2.75) is 30.3 Å². The average molecular weight is 716 g/mol. The van der Waals surface area contributed by atoms with Crippen LogP contribution in [0.25, 0.3) is 11.2 Å². The minimum absolute atomic E-state index is 0.000126. The highest BCUT2D eigenvalue weighted by Gasteiger charge is 2.70. The number of nitrogen functional groups attached to an aromatic ring is 1. The van der Waals surface area contributed by atoms with E-state index in [1.165, 1.54) is 0 Å². The van der Waals surface area contributed by atoms with E-state index in [1.807, 2.05) is 0 Å². The molecule has 2 aromatic heterocycles. The van der Waals surface area contributed by atoms with Crippen LogP contribution in [0.3, 0.4) is 0 Å². The van der Waals surface area contributed by atoms with Crippen molar-refractivity contribution in [2.75, 3.05) is 12.3 Å².